The van der Waals surface area contributed by atoms with Crippen LogP contribution in [0.5, 0.6) is 5.75 Å². The summed E-state index contributed by atoms with van der Waals surface area (Å²) in [7, 11) is 1.27. The quantitative estimate of drug-likeness (QED) is 0.217. The normalized spacial score (nSPS) is 10.7. The second-order valence-electron chi connectivity index (χ2n) is 7.68. The summed E-state index contributed by atoms with van der Waals surface area (Å²) in [6.07, 6.45) is 1.30. The molecule has 0 unspecified atom stereocenters. The maximum atomic E-state index is 12.7. The Morgan fingerprint density at radius 1 is 0.973 bits per heavy atom. The van der Waals surface area contributed by atoms with Crippen molar-refractivity contribution in [3.63, 3.8) is 0 Å². The van der Waals surface area contributed by atoms with Crippen LogP contribution >= 0.6 is 23.2 Å². The van der Waals surface area contributed by atoms with Crippen LogP contribution in [0.4, 0.5) is 11.4 Å². The fraction of sp³-hybridized carbons (Fsp3) is 0.111. The molecule has 3 rings (SSSR count). The molecule has 2 N–H and O–H groups in total. The highest BCUT2D eigenvalue weighted by Crippen LogP contribution is 2.26. The number of nitriles is 1. The fourth-order valence-corrected chi connectivity index (χ4v) is 3.45. The molecule has 0 spiro atoms. The van der Waals surface area contributed by atoms with Crippen LogP contribution in [0.25, 0.3) is 6.08 Å². The molecular weight excluding hydrogens is 517 g/mol. The molecule has 0 saturated carbocycles. The van der Waals surface area contributed by atoms with E-state index in [-0.39, 0.29) is 17.9 Å². The van der Waals surface area contributed by atoms with Crippen molar-refractivity contribution in [2.24, 2.45) is 0 Å². The number of ether oxygens (including phenoxy) is 2. The number of aryl methyl sites for hydroxylation is 1. The van der Waals surface area contributed by atoms with E-state index >= 15 is 0 Å². The fourth-order valence-electron chi connectivity index (χ4n) is 3.08. The molecule has 3 aromatic rings. The van der Waals surface area contributed by atoms with E-state index in [1.165, 1.54) is 49.6 Å². The van der Waals surface area contributed by atoms with Gasteiger partial charge in [-0.3, -0.25) is 9.59 Å². The number of carbonyl (C=O) groups excluding carboxylic acids is 3. The van der Waals surface area contributed by atoms with Crippen LogP contribution in [0, 0.1) is 18.3 Å². The van der Waals surface area contributed by atoms with Crippen LogP contribution in [-0.4, -0.2) is 31.5 Å². The van der Waals surface area contributed by atoms with Gasteiger partial charge in [-0.05, 0) is 73.2 Å². The van der Waals surface area contributed by atoms with Crippen LogP contribution in [0.3, 0.4) is 0 Å². The molecule has 3 aromatic carbocycles. The summed E-state index contributed by atoms with van der Waals surface area (Å²) in [6, 6.07) is 17.5. The molecule has 0 aliphatic rings. The Balaban J connectivity index is 1.72. The molecule has 0 heterocycles. The molecule has 0 radical (unpaired) electrons. The van der Waals surface area contributed by atoms with Crippen LogP contribution < -0.4 is 15.4 Å². The maximum Gasteiger partial charge on any atom is 0.337 e. The lowest BCUT2D eigenvalue weighted by Crippen LogP contribution is -2.20. The Morgan fingerprint density at radius 3 is 2.32 bits per heavy atom. The van der Waals surface area contributed by atoms with Crippen molar-refractivity contribution in [2.45, 2.75) is 6.92 Å². The lowest BCUT2D eigenvalue weighted by atomic mass is 10.1. The smallest absolute Gasteiger partial charge is 0.337 e. The Labute approximate surface area is 223 Å². The van der Waals surface area contributed by atoms with E-state index in [2.05, 4.69) is 15.4 Å². The van der Waals surface area contributed by atoms with E-state index in [0.29, 0.717) is 32.5 Å². The highest BCUT2D eigenvalue weighted by atomic mass is 35.5. The van der Waals surface area contributed by atoms with Crippen molar-refractivity contribution in [3.05, 3.63) is 93.0 Å². The highest BCUT2D eigenvalue weighted by molar-refractivity contribution is 6.31. The van der Waals surface area contributed by atoms with Gasteiger partial charge in [-0.15, -0.1) is 0 Å². The third-order valence-corrected chi connectivity index (χ3v) is 5.66. The van der Waals surface area contributed by atoms with Crippen LogP contribution in [0.2, 0.25) is 10.0 Å². The summed E-state index contributed by atoms with van der Waals surface area (Å²) >= 11 is 12.2. The Kier molecular flexibility index (Phi) is 9.27. The van der Waals surface area contributed by atoms with Gasteiger partial charge in [0.1, 0.15) is 17.4 Å². The summed E-state index contributed by atoms with van der Waals surface area (Å²) in [5, 5.41) is 15.7. The van der Waals surface area contributed by atoms with Gasteiger partial charge in [-0.1, -0.05) is 29.3 Å². The molecule has 0 atom stereocenters. The number of hydrogen-bond donors (Lipinski definition) is 2. The van der Waals surface area contributed by atoms with Crippen molar-refractivity contribution in [2.75, 3.05) is 24.4 Å². The van der Waals surface area contributed by atoms with Crippen LogP contribution in [-0.2, 0) is 14.3 Å². The number of hydrogen-bond acceptors (Lipinski definition) is 6. The molecule has 188 valence electrons. The number of anilines is 2. The molecular formula is C27H21Cl2N3O5. The largest absolute Gasteiger partial charge is 0.483 e. The van der Waals surface area contributed by atoms with Gasteiger partial charge in [0, 0.05) is 27.0 Å². The standard InChI is InChI=1S/C27H21Cl2N3O5/c1-16-3-7-22(13-23(16)29)31-25(33)15-37-24-10-6-20(28)12-18(24)11-19(14-30)26(34)32-21-8-4-17(5-9-21)27(35)36-2/h3-13H,15H2,1-2H3,(H,31,33)(H,32,34)/b19-11-. The van der Waals surface area contributed by atoms with Gasteiger partial charge in [0.2, 0.25) is 0 Å². The molecule has 0 bridgehead atoms. The zero-order chi connectivity index (χ0) is 26.9. The second-order valence-corrected chi connectivity index (χ2v) is 8.52. The van der Waals surface area contributed by atoms with E-state index in [4.69, 9.17) is 27.9 Å². The average molecular weight is 538 g/mol. The molecule has 10 heteroatoms. The Morgan fingerprint density at radius 2 is 1.68 bits per heavy atom. The molecule has 37 heavy (non-hydrogen) atoms. The predicted molar refractivity (Wildman–Crippen MR) is 142 cm³/mol. The highest BCUT2D eigenvalue weighted by Gasteiger charge is 2.14. The van der Waals surface area contributed by atoms with Crippen molar-refractivity contribution in [1.82, 2.24) is 0 Å². The third-order valence-electron chi connectivity index (χ3n) is 5.01. The number of benzene rings is 3. The molecule has 0 fully saturated rings. The van der Waals surface area contributed by atoms with E-state index in [1.807, 2.05) is 13.0 Å². The zero-order valence-corrected chi connectivity index (χ0v) is 21.3. The summed E-state index contributed by atoms with van der Waals surface area (Å²) in [5.41, 5.74) is 2.17. The van der Waals surface area contributed by atoms with Gasteiger partial charge < -0.3 is 20.1 Å². The van der Waals surface area contributed by atoms with E-state index in [9.17, 15) is 19.6 Å². The number of amides is 2. The van der Waals surface area contributed by atoms with Gasteiger partial charge in [0.25, 0.3) is 11.8 Å². The minimum atomic E-state index is -0.687. The SMILES string of the molecule is COC(=O)c1ccc(NC(=O)/C(C#N)=C\c2cc(Cl)ccc2OCC(=O)Nc2ccc(C)c(Cl)c2)cc1. The molecule has 2 amide bonds. The first-order chi connectivity index (χ1) is 17.7. The predicted octanol–water partition coefficient (Wildman–Crippen LogP) is 5.65. The monoisotopic (exact) mass is 537 g/mol. The minimum absolute atomic E-state index is 0.233. The zero-order valence-electron chi connectivity index (χ0n) is 19.8. The van der Waals surface area contributed by atoms with Crippen molar-refractivity contribution < 1.29 is 23.9 Å². The first kappa shape index (κ1) is 27.3. The third kappa shape index (κ3) is 7.58. The lowest BCUT2D eigenvalue weighted by molar-refractivity contribution is -0.118. The number of carbonyl (C=O) groups is 3. The van der Waals surface area contributed by atoms with Gasteiger partial charge in [0.15, 0.2) is 6.61 Å². The first-order valence-corrected chi connectivity index (χ1v) is 11.6. The van der Waals surface area contributed by atoms with Gasteiger partial charge >= 0.3 is 5.97 Å². The lowest BCUT2D eigenvalue weighted by Gasteiger charge is -2.11. The molecule has 8 nitrogen and oxygen atoms in total. The van der Waals surface area contributed by atoms with Crippen molar-refractivity contribution in [3.8, 4) is 11.8 Å². The molecule has 0 aliphatic heterocycles. The van der Waals surface area contributed by atoms with Crippen molar-refractivity contribution in [1.29, 1.82) is 5.26 Å². The topological polar surface area (TPSA) is 118 Å². The van der Waals surface area contributed by atoms with E-state index in [0.717, 1.165) is 5.56 Å². The summed E-state index contributed by atoms with van der Waals surface area (Å²) in [4.78, 5) is 36.6. The maximum absolute atomic E-state index is 12.7. The summed E-state index contributed by atoms with van der Waals surface area (Å²) < 4.78 is 10.3. The average Bonchev–Trinajstić information content (AvgIpc) is 2.88. The minimum Gasteiger partial charge on any atom is -0.483 e. The van der Waals surface area contributed by atoms with E-state index in [1.54, 1.807) is 24.3 Å². The number of halogens is 2. The summed E-state index contributed by atoms with van der Waals surface area (Å²) in [5.74, 6) is -1.39. The van der Waals surface area contributed by atoms with Crippen LogP contribution in [0.15, 0.2) is 66.2 Å². The molecule has 0 aromatic heterocycles. The van der Waals surface area contributed by atoms with Crippen molar-refractivity contribution >= 4 is 58.4 Å². The number of esters is 1. The number of nitrogens with one attached hydrogen (secondary N) is 2. The molecule has 0 saturated heterocycles. The van der Waals surface area contributed by atoms with Crippen LogP contribution in [0.1, 0.15) is 21.5 Å². The first-order valence-electron chi connectivity index (χ1n) is 10.8. The summed E-state index contributed by atoms with van der Waals surface area (Å²) in [6.45, 7) is 1.51. The Bertz CT molecular complexity index is 1410. The molecule has 0 aliphatic carbocycles. The van der Waals surface area contributed by atoms with Gasteiger partial charge in [-0.25, -0.2) is 4.79 Å². The second kappa shape index (κ2) is 12.6. The number of methoxy groups -OCH3 is 1. The number of rotatable bonds is 8. The van der Waals surface area contributed by atoms with Gasteiger partial charge in [-0.2, -0.15) is 5.26 Å². The van der Waals surface area contributed by atoms with E-state index < -0.39 is 17.8 Å². The Hall–Kier alpha value is -4.32. The van der Waals surface area contributed by atoms with Gasteiger partial charge in [0.05, 0.1) is 12.7 Å². The number of nitrogens with zero attached hydrogens (tertiary/aromatic N) is 1.